The standard InChI is InChI=1S/C20H19NO4/c1-14-6-7-15(2)18(11-14)24-13-20(22)25-17-9-8-16(5-4-10-21)12-19(17)23-3/h4-9,11-12H,13H2,1-3H3/b5-4-. The smallest absolute Gasteiger partial charge is 0.349 e. The number of ether oxygens (including phenoxy) is 3. The van der Waals surface area contributed by atoms with Gasteiger partial charge in [0, 0.05) is 6.08 Å². The molecule has 0 aliphatic carbocycles. The lowest BCUT2D eigenvalue weighted by atomic mass is 10.1. The first kappa shape index (κ1) is 18.1. The minimum Gasteiger partial charge on any atom is -0.493 e. The fraction of sp³-hybridized carbons (Fsp3) is 0.200. The number of nitrogens with zero attached hydrogens (tertiary/aromatic N) is 1. The van der Waals surface area contributed by atoms with Gasteiger partial charge in [-0.25, -0.2) is 4.79 Å². The monoisotopic (exact) mass is 337 g/mol. The Bertz CT molecular complexity index is 834. The van der Waals surface area contributed by atoms with E-state index >= 15 is 0 Å². The minimum atomic E-state index is -0.528. The quantitative estimate of drug-likeness (QED) is 0.455. The third-order valence-electron chi connectivity index (χ3n) is 3.45. The van der Waals surface area contributed by atoms with Crippen molar-refractivity contribution in [1.82, 2.24) is 0 Å². The highest BCUT2D eigenvalue weighted by Gasteiger charge is 2.12. The van der Waals surface area contributed by atoms with Crippen molar-refractivity contribution in [3.8, 4) is 23.3 Å². The average molecular weight is 337 g/mol. The van der Waals surface area contributed by atoms with Crippen LogP contribution in [0, 0.1) is 25.2 Å². The van der Waals surface area contributed by atoms with Crippen molar-refractivity contribution in [2.75, 3.05) is 13.7 Å². The van der Waals surface area contributed by atoms with E-state index in [9.17, 15) is 4.79 Å². The van der Waals surface area contributed by atoms with Crippen molar-refractivity contribution >= 4 is 12.0 Å². The van der Waals surface area contributed by atoms with Crippen molar-refractivity contribution in [2.24, 2.45) is 0 Å². The number of carbonyl (C=O) groups excluding carboxylic acids is 1. The van der Waals surface area contributed by atoms with Crippen LogP contribution in [-0.4, -0.2) is 19.7 Å². The number of benzene rings is 2. The normalized spacial score (nSPS) is 10.3. The lowest BCUT2D eigenvalue weighted by Crippen LogP contribution is -2.18. The van der Waals surface area contributed by atoms with Gasteiger partial charge in [0.15, 0.2) is 18.1 Å². The number of carbonyl (C=O) groups is 1. The summed E-state index contributed by atoms with van der Waals surface area (Å²) in [5, 5.41) is 8.57. The van der Waals surface area contributed by atoms with Crippen molar-refractivity contribution < 1.29 is 19.0 Å². The molecule has 2 aromatic carbocycles. The van der Waals surface area contributed by atoms with Crippen LogP contribution in [0.4, 0.5) is 0 Å². The zero-order valence-electron chi connectivity index (χ0n) is 14.4. The molecule has 0 saturated carbocycles. The number of esters is 1. The Hall–Kier alpha value is -3.26. The van der Waals surface area contributed by atoms with Crippen molar-refractivity contribution in [3.63, 3.8) is 0 Å². The van der Waals surface area contributed by atoms with Crippen LogP contribution < -0.4 is 14.2 Å². The Kier molecular flexibility index (Phi) is 6.19. The van der Waals surface area contributed by atoms with Gasteiger partial charge in [-0.2, -0.15) is 5.26 Å². The van der Waals surface area contributed by atoms with Gasteiger partial charge in [0.05, 0.1) is 13.2 Å². The van der Waals surface area contributed by atoms with Crippen LogP contribution in [0.5, 0.6) is 17.2 Å². The number of allylic oxidation sites excluding steroid dienone is 1. The Morgan fingerprint density at radius 2 is 1.92 bits per heavy atom. The zero-order valence-corrected chi connectivity index (χ0v) is 14.4. The SMILES string of the molecule is COc1cc(/C=C\C#N)ccc1OC(=O)COc1cc(C)ccc1C. The Labute approximate surface area is 147 Å². The first-order valence-corrected chi connectivity index (χ1v) is 7.68. The van der Waals surface area contributed by atoms with E-state index in [1.54, 1.807) is 24.3 Å². The third-order valence-corrected chi connectivity index (χ3v) is 3.45. The van der Waals surface area contributed by atoms with E-state index in [-0.39, 0.29) is 6.61 Å². The lowest BCUT2D eigenvalue weighted by Gasteiger charge is -2.12. The molecule has 25 heavy (non-hydrogen) atoms. The van der Waals surface area contributed by atoms with E-state index < -0.39 is 5.97 Å². The number of hydrogen-bond donors (Lipinski definition) is 0. The van der Waals surface area contributed by atoms with Crippen molar-refractivity contribution in [2.45, 2.75) is 13.8 Å². The fourth-order valence-electron chi connectivity index (χ4n) is 2.16. The first-order chi connectivity index (χ1) is 12.0. The number of methoxy groups -OCH3 is 1. The van der Waals surface area contributed by atoms with Crippen LogP contribution in [0.3, 0.4) is 0 Å². The predicted octanol–water partition coefficient (Wildman–Crippen LogP) is 3.83. The van der Waals surface area contributed by atoms with Gasteiger partial charge in [-0.05, 0) is 54.8 Å². The van der Waals surface area contributed by atoms with Gasteiger partial charge in [-0.3, -0.25) is 0 Å². The zero-order chi connectivity index (χ0) is 18.2. The molecule has 5 heteroatoms. The van der Waals surface area contributed by atoms with Crippen LogP contribution >= 0.6 is 0 Å². The molecule has 0 saturated heterocycles. The van der Waals surface area contributed by atoms with E-state index in [1.165, 1.54) is 13.2 Å². The second kappa shape index (κ2) is 8.55. The number of nitriles is 1. The largest absolute Gasteiger partial charge is 0.493 e. The van der Waals surface area contributed by atoms with Gasteiger partial charge in [0.2, 0.25) is 0 Å². The van der Waals surface area contributed by atoms with Gasteiger partial charge in [0.1, 0.15) is 5.75 Å². The van der Waals surface area contributed by atoms with Gasteiger partial charge < -0.3 is 14.2 Å². The summed E-state index contributed by atoms with van der Waals surface area (Å²) in [5.41, 5.74) is 2.77. The highest BCUT2D eigenvalue weighted by molar-refractivity contribution is 5.75. The third kappa shape index (κ3) is 5.11. The topological polar surface area (TPSA) is 68.5 Å². The summed E-state index contributed by atoms with van der Waals surface area (Å²) in [7, 11) is 1.48. The molecule has 0 unspecified atom stereocenters. The van der Waals surface area contributed by atoms with E-state index in [0.717, 1.165) is 16.7 Å². The maximum absolute atomic E-state index is 12.0. The molecular weight excluding hydrogens is 318 g/mol. The molecule has 0 aliphatic heterocycles. The maximum Gasteiger partial charge on any atom is 0.349 e. The van der Waals surface area contributed by atoms with E-state index in [1.807, 2.05) is 38.1 Å². The van der Waals surface area contributed by atoms with Crippen LogP contribution in [0.2, 0.25) is 0 Å². The molecule has 0 heterocycles. The lowest BCUT2D eigenvalue weighted by molar-refractivity contribution is -0.136. The second-order valence-corrected chi connectivity index (χ2v) is 5.40. The van der Waals surface area contributed by atoms with Crippen LogP contribution in [-0.2, 0) is 4.79 Å². The molecule has 0 bridgehead atoms. The summed E-state index contributed by atoms with van der Waals surface area (Å²) >= 11 is 0. The molecule has 0 N–H and O–H groups in total. The molecule has 5 nitrogen and oxygen atoms in total. The summed E-state index contributed by atoms with van der Waals surface area (Å²) in [6.45, 7) is 3.66. The van der Waals surface area contributed by atoms with Crippen molar-refractivity contribution in [3.05, 3.63) is 59.2 Å². The first-order valence-electron chi connectivity index (χ1n) is 7.68. The molecule has 0 spiro atoms. The number of aryl methyl sites for hydroxylation is 2. The molecular formula is C20H19NO4. The Morgan fingerprint density at radius 3 is 2.64 bits per heavy atom. The molecule has 0 radical (unpaired) electrons. The summed E-state index contributed by atoms with van der Waals surface area (Å²) in [6, 6.07) is 12.7. The predicted molar refractivity (Wildman–Crippen MR) is 94.7 cm³/mol. The highest BCUT2D eigenvalue weighted by atomic mass is 16.6. The highest BCUT2D eigenvalue weighted by Crippen LogP contribution is 2.29. The maximum atomic E-state index is 12.0. The van der Waals surface area contributed by atoms with Gasteiger partial charge in [-0.15, -0.1) is 0 Å². The summed E-state index contributed by atoms with van der Waals surface area (Å²) in [5.74, 6) is 0.826. The molecule has 2 rings (SSSR count). The second-order valence-electron chi connectivity index (χ2n) is 5.40. The van der Waals surface area contributed by atoms with Crippen molar-refractivity contribution in [1.29, 1.82) is 5.26 Å². The van der Waals surface area contributed by atoms with Gasteiger partial charge >= 0.3 is 5.97 Å². The molecule has 0 fully saturated rings. The fourth-order valence-corrected chi connectivity index (χ4v) is 2.16. The van der Waals surface area contributed by atoms with Crippen LogP contribution in [0.25, 0.3) is 6.08 Å². The van der Waals surface area contributed by atoms with E-state index in [0.29, 0.717) is 17.2 Å². The van der Waals surface area contributed by atoms with E-state index in [4.69, 9.17) is 19.5 Å². The number of hydrogen-bond acceptors (Lipinski definition) is 5. The van der Waals surface area contributed by atoms with Crippen LogP contribution in [0.1, 0.15) is 16.7 Å². The average Bonchev–Trinajstić information content (AvgIpc) is 2.61. The molecule has 0 aromatic heterocycles. The number of rotatable bonds is 6. The molecule has 0 aliphatic rings. The Morgan fingerprint density at radius 1 is 1.12 bits per heavy atom. The van der Waals surface area contributed by atoms with Gasteiger partial charge in [0.25, 0.3) is 0 Å². The molecule has 0 atom stereocenters. The van der Waals surface area contributed by atoms with Crippen LogP contribution in [0.15, 0.2) is 42.5 Å². The summed E-state index contributed by atoms with van der Waals surface area (Å²) in [4.78, 5) is 12.0. The molecule has 2 aromatic rings. The Balaban J connectivity index is 2.03. The minimum absolute atomic E-state index is 0.205. The molecule has 128 valence electrons. The summed E-state index contributed by atoms with van der Waals surface area (Å²) in [6.07, 6.45) is 3.00. The summed E-state index contributed by atoms with van der Waals surface area (Å²) < 4.78 is 16.1. The molecule has 0 amide bonds. The van der Waals surface area contributed by atoms with Gasteiger partial charge in [-0.1, -0.05) is 18.2 Å². The van der Waals surface area contributed by atoms with E-state index in [2.05, 4.69) is 0 Å².